The first-order valence-corrected chi connectivity index (χ1v) is 14.2. The van der Waals surface area contributed by atoms with Gasteiger partial charge in [-0.25, -0.2) is 0 Å². The Balaban J connectivity index is 1.97. The predicted octanol–water partition coefficient (Wildman–Crippen LogP) is 8.04. The second kappa shape index (κ2) is 10.1. The molecule has 0 N–H and O–H groups in total. The largest absolute Gasteiger partial charge is 0.469 e. The van der Waals surface area contributed by atoms with E-state index in [-0.39, 0.29) is 23.7 Å². The zero-order chi connectivity index (χ0) is 25.7. The van der Waals surface area contributed by atoms with Gasteiger partial charge in [-0.05, 0) is 55.6 Å². The number of hydrogen-bond acceptors (Lipinski definition) is 3. The van der Waals surface area contributed by atoms with Gasteiger partial charge in [0.15, 0.2) is 0 Å². The summed E-state index contributed by atoms with van der Waals surface area (Å²) in [5, 5.41) is 1.24. The molecule has 0 aromatic heterocycles. The molecule has 3 atom stereocenters. The number of esters is 1. The van der Waals surface area contributed by atoms with E-state index in [1.165, 1.54) is 26.4 Å². The minimum atomic E-state index is -0.743. The lowest BCUT2D eigenvalue weighted by atomic mass is 9.53. The smallest absolute Gasteiger partial charge is 0.311 e. The van der Waals surface area contributed by atoms with Gasteiger partial charge in [0, 0.05) is 24.4 Å². The zero-order valence-corrected chi connectivity index (χ0v) is 23.9. The molecule has 1 aromatic carbocycles. The van der Waals surface area contributed by atoms with Gasteiger partial charge in [0.05, 0.1) is 33.2 Å². The molecular weight excluding hydrogens is 505 g/mol. The fourth-order valence-corrected chi connectivity index (χ4v) is 8.63. The van der Waals surface area contributed by atoms with Gasteiger partial charge in [0.2, 0.25) is 0 Å². The maximum atomic E-state index is 14.3. The molecule has 0 spiro atoms. The van der Waals surface area contributed by atoms with Crippen LogP contribution in [-0.2, 0) is 14.9 Å². The van der Waals surface area contributed by atoms with Crippen LogP contribution in [0.3, 0.4) is 0 Å². The van der Waals surface area contributed by atoms with Gasteiger partial charge < -0.3 is 9.64 Å². The van der Waals surface area contributed by atoms with Gasteiger partial charge in [0.25, 0.3) is 5.91 Å². The third-order valence-corrected chi connectivity index (χ3v) is 10.5. The number of benzene rings is 1. The van der Waals surface area contributed by atoms with Crippen LogP contribution in [0.1, 0.15) is 106 Å². The van der Waals surface area contributed by atoms with Crippen LogP contribution >= 0.6 is 34.8 Å². The first kappa shape index (κ1) is 27.1. The van der Waals surface area contributed by atoms with Crippen molar-refractivity contribution in [1.82, 2.24) is 4.90 Å². The summed E-state index contributed by atoms with van der Waals surface area (Å²) in [5.41, 5.74) is 0.631. The van der Waals surface area contributed by atoms with Crippen molar-refractivity contribution in [3.63, 3.8) is 0 Å². The number of carbonyl (C=O) groups excluding carboxylic acids is 2. The molecule has 2 aliphatic carbocycles. The number of amides is 1. The maximum absolute atomic E-state index is 14.3. The average molecular weight is 543 g/mol. The molecule has 0 radical (unpaired) electrons. The number of nitrogens with zero attached hydrogens (tertiary/aromatic N) is 1. The van der Waals surface area contributed by atoms with Gasteiger partial charge in [-0.1, -0.05) is 81.3 Å². The summed E-state index contributed by atoms with van der Waals surface area (Å²) in [7, 11) is 1.45. The van der Waals surface area contributed by atoms with Crippen molar-refractivity contribution in [3.8, 4) is 0 Å². The van der Waals surface area contributed by atoms with E-state index < -0.39 is 10.8 Å². The topological polar surface area (TPSA) is 46.6 Å². The lowest BCUT2D eigenvalue weighted by Gasteiger charge is -2.51. The molecule has 4 rings (SSSR count). The number of carbonyl (C=O) groups is 2. The van der Waals surface area contributed by atoms with Gasteiger partial charge >= 0.3 is 5.97 Å². The van der Waals surface area contributed by atoms with Crippen LogP contribution in [0.5, 0.6) is 0 Å². The Morgan fingerprint density at radius 3 is 2.29 bits per heavy atom. The summed E-state index contributed by atoms with van der Waals surface area (Å²) in [5.74, 6) is -0.0111. The van der Waals surface area contributed by atoms with E-state index in [1.807, 2.05) is 25.7 Å². The number of methoxy groups -OCH3 is 1. The Labute approximate surface area is 225 Å². The van der Waals surface area contributed by atoms with Crippen molar-refractivity contribution >= 4 is 46.7 Å². The molecule has 1 aromatic rings. The highest BCUT2D eigenvalue weighted by Crippen LogP contribution is 2.59. The standard InChI is InChI=1S/C28H38Cl3NO3/c1-16(2)19-22(29)20-21(24(31)23(19)30)27(3)12-9-13-28(4,26(34)35-5)18(27)15-32(25(20)33)14-17-10-7-6-8-11-17/h16-18H,6-15H2,1-5H3/t18-,27+,28-/m1/s1. The summed E-state index contributed by atoms with van der Waals surface area (Å²) in [6.45, 7) is 9.31. The second-order valence-corrected chi connectivity index (χ2v) is 12.8. The van der Waals surface area contributed by atoms with Crippen molar-refractivity contribution in [2.45, 2.75) is 90.4 Å². The van der Waals surface area contributed by atoms with Crippen LogP contribution in [0.4, 0.5) is 0 Å². The van der Waals surface area contributed by atoms with E-state index >= 15 is 0 Å². The highest BCUT2D eigenvalue weighted by atomic mass is 35.5. The van der Waals surface area contributed by atoms with E-state index in [9.17, 15) is 9.59 Å². The Morgan fingerprint density at radius 2 is 1.69 bits per heavy atom. The Kier molecular flexibility index (Phi) is 7.78. The van der Waals surface area contributed by atoms with Gasteiger partial charge in [0.1, 0.15) is 0 Å². The third-order valence-electron chi connectivity index (χ3n) is 9.19. The predicted molar refractivity (Wildman–Crippen MR) is 143 cm³/mol. The van der Waals surface area contributed by atoms with Crippen LogP contribution in [0.2, 0.25) is 15.1 Å². The molecule has 7 heteroatoms. The van der Waals surface area contributed by atoms with E-state index in [1.54, 1.807) is 0 Å². The molecule has 35 heavy (non-hydrogen) atoms. The number of ether oxygens (including phenoxy) is 1. The first-order chi connectivity index (χ1) is 16.5. The van der Waals surface area contributed by atoms with Crippen molar-refractivity contribution in [2.75, 3.05) is 20.2 Å². The normalized spacial score (nSPS) is 29.6. The first-order valence-electron chi connectivity index (χ1n) is 13.1. The Morgan fingerprint density at radius 1 is 1.03 bits per heavy atom. The zero-order valence-electron chi connectivity index (χ0n) is 21.6. The van der Waals surface area contributed by atoms with Crippen LogP contribution in [0.15, 0.2) is 0 Å². The summed E-state index contributed by atoms with van der Waals surface area (Å²) in [6.07, 6.45) is 8.24. The molecule has 2 saturated carbocycles. The quantitative estimate of drug-likeness (QED) is 0.286. The summed E-state index contributed by atoms with van der Waals surface area (Å²) in [6, 6.07) is 0. The van der Waals surface area contributed by atoms with E-state index in [2.05, 4.69) is 6.92 Å². The van der Waals surface area contributed by atoms with Crippen molar-refractivity contribution < 1.29 is 14.3 Å². The van der Waals surface area contributed by atoms with Gasteiger partial charge in [-0.15, -0.1) is 0 Å². The minimum absolute atomic E-state index is 0.0101. The third kappa shape index (κ3) is 4.40. The molecule has 0 saturated heterocycles. The number of halogens is 3. The lowest BCUT2D eigenvalue weighted by molar-refractivity contribution is -0.161. The van der Waals surface area contributed by atoms with E-state index in [4.69, 9.17) is 39.5 Å². The molecule has 0 bridgehead atoms. The molecule has 0 unspecified atom stereocenters. The Hall–Kier alpha value is -0.970. The van der Waals surface area contributed by atoms with E-state index in [0.29, 0.717) is 46.1 Å². The molecule has 1 aliphatic heterocycles. The van der Waals surface area contributed by atoms with Crippen LogP contribution in [0, 0.1) is 17.3 Å². The van der Waals surface area contributed by atoms with Crippen LogP contribution in [0.25, 0.3) is 0 Å². The number of rotatable bonds is 4. The summed E-state index contributed by atoms with van der Waals surface area (Å²) in [4.78, 5) is 29.5. The second-order valence-electron chi connectivity index (χ2n) is 11.7. The van der Waals surface area contributed by atoms with Crippen molar-refractivity contribution in [2.24, 2.45) is 17.3 Å². The molecule has 3 aliphatic rings. The van der Waals surface area contributed by atoms with Crippen LogP contribution < -0.4 is 0 Å². The molecule has 4 nitrogen and oxygen atoms in total. The van der Waals surface area contributed by atoms with E-state index in [0.717, 1.165) is 36.8 Å². The Bertz CT molecular complexity index is 1020. The fraction of sp³-hybridized carbons (Fsp3) is 0.714. The SMILES string of the molecule is COC(=O)[C@]1(C)CCC[C@]2(C)c3c(Cl)c(Cl)c(C(C)C)c(Cl)c3C(=O)N(CC3CCCCC3)C[C@@H]12. The molecule has 1 heterocycles. The lowest BCUT2D eigenvalue weighted by Crippen LogP contribution is -2.54. The van der Waals surface area contributed by atoms with Gasteiger partial charge in [-0.3, -0.25) is 9.59 Å². The fourth-order valence-electron chi connectivity index (χ4n) is 7.28. The minimum Gasteiger partial charge on any atom is -0.469 e. The highest BCUT2D eigenvalue weighted by Gasteiger charge is 2.58. The molecular formula is C28H38Cl3NO3. The average Bonchev–Trinajstić information content (AvgIpc) is 2.91. The monoisotopic (exact) mass is 541 g/mol. The summed E-state index contributed by atoms with van der Waals surface area (Å²) >= 11 is 20.9. The van der Waals surface area contributed by atoms with Crippen molar-refractivity contribution in [1.29, 1.82) is 0 Å². The van der Waals surface area contributed by atoms with Gasteiger partial charge in [-0.2, -0.15) is 0 Å². The van der Waals surface area contributed by atoms with Crippen molar-refractivity contribution in [3.05, 3.63) is 31.8 Å². The molecule has 2 fully saturated rings. The summed E-state index contributed by atoms with van der Waals surface area (Å²) < 4.78 is 5.33. The maximum Gasteiger partial charge on any atom is 0.311 e. The highest BCUT2D eigenvalue weighted by molar-refractivity contribution is 6.46. The number of hydrogen-bond donors (Lipinski definition) is 0. The molecule has 194 valence electrons. The number of fused-ring (bicyclic) bond motifs is 3. The molecule has 1 amide bonds. The van der Waals surface area contributed by atoms with Crippen LogP contribution in [-0.4, -0.2) is 37.0 Å².